The Balaban J connectivity index is 0.00000392. The lowest BCUT2D eigenvalue weighted by Gasteiger charge is -2.13. The van der Waals surface area contributed by atoms with Crippen molar-refractivity contribution in [1.29, 1.82) is 0 Å². The van der Waals surface area contributed by atoms with Crippen LogP contribution >= 0.6 is 12.4 Å². The molecule has 0 aliphatic heterocycles. The number of carbonyl (C=O) groups is 1. The van der Waals surface area contributed by atoms with Crippen LogP contribution in [0.4, 0.5) is 11.4 Å². The fourth-order valence-electron chi connectivity index (χ4n) is 2.42. The molecule has 0 heterocycles. The van der Waals surface area contributed by atoms with Crippen LogP contribution in [0.2, 0.25) is 0 Å². The van der Waals surface area contributed by atoms with Crippen molar-refractivity contribution in [2.24, 2.45) is 5.73 Å². The molecule has 0 fully saturated rings. The van der Waals surface area contributed by atoms with E-state index in [4.69, 9.17) is 10.5 Å². The maximum atomic E-state index is 12.8. The summed E-state index contributed by atoms with van der Waals surface area (Å²) < 4.78 is 33.1. The molecule has 0 bridgehead atoms. The van der Waals surface area contributed by atoms with Gasteiger partial charge in [-0.15, -0.1) is 12.4 Å². The molecule has 0 spiro atoms. The van der Waals surface area contributed by atoms with Crippen molar-refractivity contribution in [3.8, 4) is 5.75 Å². The molecule has 154 valence electrons. The number of methoxy groups -OCH3 is 1. The van der Waals surface area contributed by atoms with Gasteiger partial charge in [-0.2, -0.15) is 0 Å². The number of nitrogens with one attached hydrogen (secondary N) is 2. The van der Waals surface area contributed by atoms with Gasteiger partial charge < -0.3 is 15.8 Å². The molecule has 1 atom stereocenters. The van der Waals surface area contributed by atoms with Gasteiger partial charge in [0.25, 0.3) is 10.0 Å². The van der Waals surface area contributed by atoms with Crippen LogP contribution in [0.25, 0.3) is 0 Å². The highest BCUT2D eigenvalue weighted by Crippen LogP contribution is 2.24. The zero-order valence-corrected chi connectivity index (χ0v) is 17.7. The number of ether oxygens (including phenoxy) is 1. The maximum Gasteiger partial charge on any atom is 0.262 e. The van der Waals surface area contributed by atoms with Gasteiger partial charge in [0.15, 0.2) is 0 Å². The Kier molecular flexibility index (Phi) is 8.74. The second-order valence-electron chi connectivity index (χ2n) is 6.38. The monoisotopic (exact) mass is 427 g/mol. The van der Waals surface area contributed by atoms with Gasteiger partial charge in [-0.3, -0.25) is 9.52 Å². The Bertz CT molecular complexity index is 900. The molecule has 0 radical (unpaired) electrons. The summed E-state index contributed by atoms with van der Waals surface area (Å²) in [5.74, 6) is 0.424. The first-order valence-electron chi connectivity index (χ1n) is 8.54. The van der Waals surface area contributed by atoms with Crippen LogP contribution in [0, 0.1) is 6.92 Å². The zero-order valence-electron chi connectivity index (χ0n) is 16.1. The predicted molar refractivity (Wildman–Crippen MR) is 114 cm³/mol. The average Bonchev–Trinajstić information content (AvgIpc) is 2.62. The molecule has 0 saturated carbocycles. The zero-order chi connectivity index (χ0) is 20.0. The van der Waals surface area contributed by atoms with Gasteiger partial charge in [0.1, 0.15) is 5.75 Å². The number of aryl methyl sites for hydroxylation is 1. The second-order valence-corrected chi connectivity index (χ2v) is 8.03. The van der Waals surface area contributed by atoms with E-state index in [2.05, 4.69) is 10.0 Å². The number of benzene rings is 2. The van der Waals surface area contributed by atoms with Crippen molar-refractivity contribution in [2.45, 2.75) is 37.6 Å². The van der Waals surface area contributed by atoms with Crippen LogP contribution < -0.4 is 20.5 Å². The molecule has 9 heteroatoms. The van der Waals surface area contributed by atoms with Crippen molar-refractivity contribution >= 4 is 39.7 Å². The fourth-order valence-corrected chi connectivity index (χ4v) is 3.75. The van der Waals surface area contributed by atoms with E-state index in [1.165, 1.54) is 13.2 Å². The van der Waals surface area contributed by atoms with Crippen LogP contribution in [0.3, 0.4) is 0 Å². The van der Waals surface area contributed by atoms with E-state index in [9.17, 15) is 13.2 Å². The Morgan fingerprint density at radius 3 is 2.32 bits per heavy atom. The summed E-state index contributed by atoms with van der Waals surface area (Å²) >= 11 is 0. The van der Waals surface area contributed by atoms with Crippen LogP contribution in [0.5, 0.6) is 5.75 Å². The summed E-state index contributed by atoms with van der Waals surface area (Å²) in [6.07, 6.45) is 0.833. The molecule has 2 aromatic rings. The van der Waals surface area contributed by atoms with E-state index < -0.39 is 10.0 Å². The molecule has 2 rings (SSSR count). The lowest BCUT2D eigenvalue weighted by Crippen LogP contribution is -2.20. The van der Waals surface area contributed by atoms with E-state index in [-0.39, 0.29) is 35.7 Å². The number of hydrogen-bond acceptors (Lipinski definition) is 5. The number of nitrogens with two attached hydrogens (primary N) is 1. The lowest BCUT2D eigenvalue weighted by molar-refractivity contribution is -0.116. The molecule has 0 saturated heterocycles. The number of amides is 1. The lowest BCUT2D eigenvalue weighted by atomic mass is 10.2. The van der Waals surface area contributed by atoms with Gasteiger partial charge in [0.05, 0.1) is 12.0 Å². The third kappa shape index (κ3) is 6.70. The number of carbonyl (C=O) groups excluding carboxylic acids is 1. The Morgan fingerprint density at radius 2 is 1.75 bits per heavy atom. The minimum absolute atomic E-state index is 0. The normalized spacial score (nSPS) is 11.9. The number of anilines is 2. The highest BCUT2D eigenvalue weighted by molar-refractivity contribution is 7.92. The Morgan fingerprint density at radius 1 is 1.14 bits per heavy atom. The molecular formula is C19H26ClN3O4S. The van der Waals surface area contributed by atoms with Crippen molar-refractivity contribution in [2.75, 3.05) is 17.1 Å². The average molecular weight is 428 g/mol. The summed E-state index contributed by atoms with van der Waals surface area (Å²) in [5.41, 5.74) is 7.06. The van der Waals surface area contributed by atoms with Gasteiger partial charge in [-0.25, -0.2) is 8.42 Å². The summed E-state index contributed by atoms with van der Waals surface area (Å²) in [6.45, 7) is 3.53. The number of sulfonamides is 1. The molecule has 2 aromatic carbocycles. The van der Waals surface area contributed by atoms with Crippen molar-refractivity contribution < 1.29 is 17.9 Å². The van der Waals surface area contributed by atoms with E-state index in [1.54, 1.807) is 43.3 Å². The molecule has 0 aliphatic rings. The minimum atomic E-state index is -3.81. The first-order chi connectivity index (χ1) is 12.7. The van der Waals surface area contributed by atoms with Crippen LogP contribution in [0.1, 0.15) is 25.3 Å². The third-order valence-corrected chi connectivity index (χ3v) is 5.45. The molecule has 1 amide bonds. The second kappa shape index (κ2) is 10.3. The smallest absolute Gasteiger partial charge is 0.262 e. The molecule has 0 aliphatic carbocycles. The third-order valence-electron chi connectivity index (χ3n) is 3.93. The molecular weight excluding hydrogens is 402 g/mol. The van der Waals surface area contributed by atoms with Crippen molar-refractivity contribution in [3.63, 3.8) is 0 Å². The Hall–Kier alpha value is -2.29. The molecule has 7 nitrogen and oxygen atoms in total. The van der Waals surface area contributed by atoms with Gasteiger partial charge in [-0.05, 0) is 62.2 Å². The van der Waals surface area contributed by atoms with E-state index in [1.807, 2.05) is 6.92 Å². The number of rotatable bonds is 8. The summed E-state index contributed by atoms with van der Waals surface area (Å²) in [6, 6.07) is 11.3. The highest BCUT2D eigenvalue weighted by Gasteiger charge is 2.18. The van der Waals surface area contributed by atoms with E-state index in [0.29, 0.717) is 29.1 Å². The summed E-state index contributed by atoms with van der Waals surface area (Å²) in [7, 11) is -2.27. The van der Waals surface area contributed by atoms with Crippen LogP contribution in [-0.4, -0.2) is 27.5 Å². The van der Waals surface area contributed by atoms with Crippen LogP contribution in [-0.2, 0) is 14.8 Å². The topological polar surface area (TPSA) is 111 Å². The Labute approximate surface area is 172 Å². The number of halogens is 1. The van der Waals surface area contributed by atoms with E-state index in [0.717, 1.165) is 0 Å². The standard InChI is InChI=1S/C19H25N3O4S.ClH/c1-13-4-6-16(21-19(23)11-5-14(2)20)12-18(13)27(24,25)22-15-7-9-17(26-3)10-8-15;/h4,6-10,12,14,22H,5,11,20H2,1-3H3,(H,21,23);1H. The highest BCUT2D eigenvalue weighted by atomic mass is 35.5. The van der Waals surface area contributed by atoms with E-state index >= 15 is 0 Å². The summed E-state index contributed by atoms with van der Waals surface area (Å²) in [4.78, 5) is 12.1. The first-order valence-corrected chi connectivity index (χ1v) is 10.0. The summed E-state index contributed by atoms with van der Waals surface area (Å²) in [5, 5.41) is 2.71. The fraction of sp³-hybridized carbons (Fsp3) is 0.316. The van der Waals surface area contributed by atoms with Gasteiger partial charge in [0.2, 0.25) is 5.91 Å². The van der Waals surface area contributed by atoms with Crippen LogP contribution in [0.15, 0.2) is 47.4 Å². The largest absolute Gasteiger partial charge is 0.497 e. The molecule has 28 heavy (non-hydrogen) atoms. The molecule has 0 aromatic heterocycles. The van der Waals surface area contributed by atoms with Crippen molar-refractivity contribution in [3.05, 3.63) is 48.0 Å². The maximum absolute atomic E-state index is 12.8. The number of hydrogen-bond donors (Lipinski definition) is 3. The van der Waals surface area contributed by atoms with Gasteiger partial charge in [0, 0.05) is 23.8 Å². The minimum Gasteiger partial charge on any atom is -0.497 e. The predicted octanol–water partition coefficient (Wildman–Crippen LogP) is 3.29. The van der Waals surface area contributed by atoms with Gasteiger partial charge in [-0.1, -0.05) is 6.07 Å². The van der Waals surface area contributed by atoms with Crippen molar-refractivity contribution in [1.82, 2.24) is 0 Å². The molecule has 4 N–H and O–H groups in total. The quantitative estimate of drug-likeness (QED) is 0.598. The molecule has 1 unspecified atom stereocenters. The van der Waals surface area contributed by atoms with Gasteiger partial charge >= 0.3 is 0 Å². The first kappa shape index (κ1) is 23.7. The SMILES string of the molecule is COc1ccc(NS(=O)(=O)c2cc(NC(=O)CCC(C)N)ccc2C)cc1.Cl.